The Labute approximate surface area is 146 Å². The van der Waals surface area contributed by atoms with E-state index in [1.807, 2.05) is 73.0 Å². The first kappa shape index (κ1) is 15.9. The highest BCUT2D eigenvalue weighted by atomic mass is 16.7. The van der Waals surface area contributed by atoms with Gasteiger partial charge in [-0.15, -0.1) is 0 Å². The van der Waals surface area contributed by atoms with E-state index in [0.717, 1.165) is 16.5 Å². The third kappa shape index (κ3) is 2.63. The number of hydrogen-bond acceptors (Lipinski definition) is 3. The van der Waals surface area contributed by atoms with Gasteiger partial charge in [0.15, 0.2) is 0 Å². The molecular weight excluding hydrogens is 314 g/mol. The van der Waals surface area contributed by atoms with E-state index in [1.54, 1.807) is 0 Å². The minimum Gasteiger partial charge on any atom is -0.463 e. The first-order valence-corrected chi connectivity index (χ1v) is 8.68. The van der Waals surface area contributed by atoms with E-state index in [9.17, 15) is 4.79 Å². The average molecular weight is 335 g/mol. The maximum absolute atomic E-state index is 13.3. The lowest BCUT2D eigenvalue weighted by atomic mass is 10.0. The second kappa shape index (κ2) is 6.37. The van der Waals surface area contributed by atoms with Gasteiger partial charge in [0.25, 0.3) is 5.56 Å². The number of pyridine rings is 1. The summed E-state index contributed by atoms with van der Waals surface area (Å²) in [7, 11) is 0. The molecule has 25 heavy (non-hydrogen) atoms. The Morgan fingerprint density at radius 1 is 1.08 bits per heavy atom. The largest absolute Gasteiger partial charge is 0.463 e. The summed E-state index contributed by atoms with van der Waals surface area (Å²) >= 11 is 0. The van der Waals surface area contributed by atoms with Gasteiger partial charge in [-0.2, -0.15) is 0 Å². The highest BCUT2D eigenvalue weighted by molar-refractivity contribution is 5.87. The van der Waals surface area contributed by atoms with Gasteiger partial charge in [-0.25, -0.2) is 0 Å². The molecule has 2 heterocycles. The quantitative estimate of drug-likeness (QED) is 0.726. The fourth-order valence-electron chi connectivity index (χ4n) is 3.55. The van der Waals surface area contributed by atoms with Crippen molar-refractivity contribution in [1.29, 1.82) is 0 Å². The van der Waals surface area contributed by atoms with Crippen LogP contribution in [-0.2, 0) is 11.3 Å². The number of ether oxygens (including phenoxy) is 2. The third-order valence-electron chi connectivity index (χ3n) is 4.77. The molecular formula is C21H21NO3. The number of para-hydroxylation sites is 1. The molecule has 4 rings (SSSR count). The lowest BCUT2D eigenvalue weighted by molar-refractivity contribution is -0.0728. The molecule has 0 spiro atoms. The zero-order chi connectivity index (χ0) is 17.4. The van der Waals surface area contributed by atoms with Crippen molar-refractivity contribution in [2.24, 2.45) is 0 Å². The molecule has 0 bridgehead atoms. The number of hydrogen-bond donors (Lipinski definition) is 0. The van der Waals surface area contributed by atoms with E-state index in [-0.39, 0.29) is 11.5 Å². The normalized spacial score (nSPS) is 19.0. The van der Waals surface area contributed by atoms with Gasteiger partial charge >= 0.3 is 0 Å². The van der Waals surface area contributed by atoms with E-state index in [2.05, 4.69) is 0 Å². The summed E-state index contributed by atoms with van der Waals surface area (Å²) in [5.74, 6) is 0.588. The summed E-state index contributed by atoms with van der Waals surface area (Å²) in [6, 6.07) is 18.0. The fraction of sp³-hybridized carbons (Fsp3) is 0.286. The Bertz CT molecular complexity index is 962. The Kier molecular flexibility index (Phi) is 4.06. The second-order valence-corrected chi connectivity index (χ2v) is 6.37. The first-order chi connectivity index (χ1) is 12.2. The first-order valence-electron chi connectivity index (χ1n) is 8.68. The number of fused-ring (bicyclic) bond motifs is 3. The molecule has 0 saturated heterocycles. The predicted octanol–water partition coefficient (Wildman–Crippen LogP) is 3.91. The van der Waals surface area contributed by atoms with E-state index in [4.69, 9.17) is 9.47 Å². The molecule has 0 N–H and O–H groups in total. The maximum Gasteiger partial charge on any atom is 0.258 e. The van der Waals surface area contributed by atoms with Crippen LogP contribution in [0.2, 0.25) is 0 Å². The lowest BCUT2D eigenvalue weighted by Gasteiger charge is -2.14. The van der Waals surface area contributed by atoms with Gasteiger partial charge in [0.1, 0.15) is 5.75 Å². The highest BCUT2D eigenvalue weighted by Crippen LogP contribution is 2.41. The van der Waals surface area contributed by atoms with Crippen LogP contribution < -0.4 is 10.3 Å². The lowest BCUT2D eigenvalue weighted by Crippen LogP contribution is -2.27. The molecule has 1 aromatic heterocycles. The molecule has 2 atom stereocenters. The molecule has 128 valence electrons. The van der Waals surface area contributed by atoms with Crippen LogP contribution in [0.15, 0.2) is 59.4 Å². The maximum atomic E-state index is 13.3. The SMILES string of the molecule is CCO[C@@H]1Oc2c(c(=O)n(Cc3ccccc3)c3ccccc23)[C@H]1C. The fourth-order valence-corrected chi connectivity index (χ4v) is 3.55. The minimum absolute atomic E-state index is 0.00672. The van der Waals surface area contributed by atoms with Crippen LogP contribution in [0.25, 0.3) is 10.9 Å². The van der Waals surface area contributed by atoms with Crippen molar-refractivity contribution in [3.8, 4) is 5.75 Å². The third-order valence-corrected chi connectivity index (χ3v) is 4.77. The van der Waals surface area contributed by atoms with Gasteiger partial charge in [0.05, 0.1) is 23.5 Å². The summed E-state index contributed by atoms with van der Waals surface area (Å²) in [4.78, 5) is 13.3. The molecule has 0 aliphatic carbocycles. The molecule has 0 amide bonds. The van der Waals surface area contributed by atoms with Crippen LogP contribution in [0.1, 0.15) is 30.9 Å². The molecule has 0 radical (unpaired) electrons. The van der Waals surface area contributed by atoms with Crippen molar-refractivity contribution in [1.82, 2.24) is 4.57 Å². The van der Waals surface area contributed by atoms with Crippen molar-refractivity contribution in [2.45, 2.75) is 32.6 Å². The van der Waals surface area contributed by atoms with Gasteiger partial charge < -0.3 is 14.0 Å². The van der Waals surface area contributed by atoms with Crippen molar-refractivity contribution in [3.63, 3.8) is 0 Å². The molecule has 1 aliphatic heterocycles. The van der Waals surface area contributed by atoms with Crippen LogP contribution >= 0.6 is 0 Å². The molecule has 4 nitrogen and oxygen atoms in total. The Hall–Kier alpha value is -2.59. The molecule has 0 fully saturated rings. The van der Waals surface area contributed by atoms with Gasteiger partial charge in [-0.3, -0.25) is 4.79 Å². The van der Waals surface area contributed by atoms with Crippen molar-refractivity contribution < 1.29 is 9.47 Å². The zero-order valence-electron chi connectivity index (χ0n) is 14.4. The van der Waals surface area contributed by atoms with E-state index in [1.165, 1.54) is 0 Å². The van der Waals surface area contributed by atoms with Gasteiger partial charge in [-0.05, 0) is 24.6 Å². The zero-order valence-corrected chi connectivity index (χ0v) is 14.4. The summed E-state index contributed by atoms with van der Waals surface area (Å²) in [5, 5.41) is 0.960. The molecule has 2 aromatic carbocycles. The monoisotopic (exact) mass is 335 g/mol. The Morgan fingerprint density at radius 2 is 1.80 bits per heavy atom. The molecule has 3 aromatic rings. The molecule has 4 heteroatoms. The van der Waals surface area contributed by atoms with Gasteiger partial charge in [0.2, 0.25) is 6.29 Å². The standard InChI is InChI=1S/C21H21NO3/c1-3-24-21-14(2)18-19(25-21)16-11-7-8-12-17(16)22(20(18)23)13-15-9-5-4-6-10-15/h4-12,14,21H,3,13H2,1-2H3/t14-,21-/m1/s1. The summed E-state index contributed by atoms with van der Waals surface area (Å²) < 4.78 is 13.6. The van der Waals surface area contributed by atoms with Crippen LogP contribution in [0, 0.1) is 0 Å². The Morgan fingerprint density at radius 3 is 2.56 bits per heavy atom. The smallest absolute Gasteiger partial charge is 0.258 e. The molecule has 0 unspecified atom stereocenters. The summed E-state index contributed by atoms with van der Waals surface area (Å²) in [6.45, 7) is 5.03. The van der Waals surface area contributed by atoms with Crippen molar-refractivity contribution in [2.75, 3.05) is 6.61 Å². The van der Waals surface area contributed by atoms with E-state index in [0.29, 0.717) is 24.5 Å². The second-order valence-electron chi connectivity index (χ2n) is 6.37. The van der Waals surface area contributed by atoms with Crippen LogP contribution in [0.3, 0.4) is 0 Å². The predicted molar refractivity (Wildman–Crippen MR) is 98.2 cm³/mol. The molecule has 1 aliphatic rings. The number of nitrogens with zero attached hydrogens (tertiary/aromatic N) is 1. The van der Waals surface area contributed by atoms with Gasteiger partial charge in [0, 0.05) is 12.0 Å². The topological polar surface area (TPSA) is 40.5 Å². The molecule has 0 saturated carbocycles. The number of rotatable bonds is 4. The van der Waals surface area contributed by atoms with Crippen molar-refractivity contribution in [3.05, 3.63) is 76.1 Å². The summed E-state index contributed by atoms with van der Waals surface area (Å²) in [6.07, 6.45) is -0.399. The highest BCUT2D eigenvalue weighted by Gasteiger charge is 2.36. The van der Waals surface area contributed by atoms with Gasteiger partial charge in [-0.1, -0.05) is 49.4 Å². The van der Waals surface area contributed by atoms with Crippen LogP contribution in [0.5, 0.6) is 5.75 Å². The van der Waals surface area contributed by atoms with Crippen LogP contribution in [-0.4, -0.2) is 17.5 Å². The van der Waals surface area contributed by atoms with E-state index < -0.39 is 6.29 Å². The van der Waals surface area contributed by atoms with Crippen molar-refractivity contribution >= 4 is 10.9 Å². The van der Waals surface area contributed by atoms with Crippen LogP contribution in [0.4, 0.5) is 0 Å². The van der Waals surface area contributed by atoms with E-state index >= 15 is 0 Å². The number of benzene rings is 2. The number of aromatic nitrogens is 1. The average Bonchev–Trinajstić information content (AvgIpc) is 2.97. The Balaban J connectivity index is 1.92. The summed E-state index contributed by atoms with van der Waals surface area (Å²) in [5.41, 5.74) is 2.71. The minimum atomic E-state index is -0.399.